The van der Waals surface area contributed by atoms with Crippen molar-refractivity contribution in [3.8, 4) is 0 Å². The van der Waals surface area contributed by atoms with Crippen molar-refractivity contribution in [2.45, 2.75) is 6.43 Å². The first-order chi connectivity index (χ1) is 6.43. The Balaban J connectivity index is 3.44. The molecule has 0 aliphatic carbocycles. The molecule has 0 aliphatic rings. The van der Waals surface area contributed by atoms with Crippen molar-refractivity contribution in [1.82, 2.24) is 4.98 Å². The maximum absolute atomic E-state index is 12.4. The van der Waals surface area contributed by atoms with E-state index in [-0.39, 0.29) is 10.8 Å². The molecule has 0 aromatic carbocycles. The molecule has 1 aromatic rings. The maximum Gasteiger partial charge on any atom is 0.271 e. The highest BCUT2D eigenvalue weighted by Crippen LogP contribution is 2.31. The van der Waals surface area contributed by atoms with Gasteiger partial charge in [-0.3, -0.25) is 4.79 Å². The lowest BCUT2D eigenvalue weighted by Gasteiger charge is -2.07. The second-order valence-electron chi connectivity index (χ2n) is 2.37. The fraction of sp³-hybridized carbons (Fsp3) is 0.143. The first-order valence-corrected chi connectivity index (χ1v) is 4.13. The third kappa shape index (κ3) is 2.10. The molecule has 1 rings (SSSR count). The Morgan fingerprint density at radius 3 is 2.57 bits per heavy atom. The van der Waals surface area contributed by atoms with Gasteiger partial charge in [-0.2, -0.15) is 0 Å². The number of pyridine rings is 1. The highest BCUT2D eigenvalue weighted by Gasteiger charge is 2.22. The summed E-state index contributed by atoms with van der Waals surface area (Å²) in [5.41, 5.74) is 3.92. The number of nitrogen functional groups attached to an aromatic ring is 1. The lowest BCUT2D eigenvalue weighted by Crippen LogP contribution is -2.05. The zero-order valence-electron chi connectivity index (χ0n) is 6.60. The van der Waals surface area contributed by atoms with Crippen LogP contribution in [0.5, 0.6) is 0 Å². The number of carbonyl (C=O) groups excluding carboxylic acids is 1. The van der Waals surface area contributed by atoms with Gasteiger partial charge in [-0.15, -0.1) is 0 Å². The Morgan fingerprint density at radius 2 is 2.14 bits per heavy atom. The third-order valence-electron chi connectivity index (χ3n) is 1.43. The molecule has 0 bridgehead atoms. The zero-order chi connectivity index (χ0) is 10.9. The van der Waals surface area contributed by atoms with Crippen LogP contribution < -0.4 is 5.73 Å². The van der Waals surface area contributed by atoms with Crippen molar-refractivity contribution >= 4 is 34.3 Å². The van der Waals surface area contributed by atoms with Gasteiger partial charge in [0, 0.05) is 0 Å². The highest BCUT2D eigenvalue weighted by atomic mass is 35.5. The molecule has 0 spiro atoms. The van der Waals surface area contributed by atoms with Crippen LogP contribution in [0.3, 0.4) is 0 Å². The Hall–Kier alpha value is -0.940. The van der Waals surface area contributed by atoms with E-state index < -0.39 is 22.9 Å². The van der Waals surface area contributed by atoms with Gasteiger partial charge in [-0.05, 0) is 17.7 Å². The molecule has 0 fully saturated rings. The van der Waals surface area contributed by atoms with Gasteiger partial charge < -0.3 is 5.73 Å². The van der Waals surface area contributed by atoms with E-state index in [0.717, 1.165) is 6.07 Å². The number of alkyl halides is 2. The van der Waals surface area contributed by atoms with E-state index in [2.05, 4.69) is 4.98 Å². The van der Waals surface area contributed by atoms with Crippen LogP contribution in [-0.2, 0) is 0 Å². The van der Waals surface area contributed by atoms with Gasteiger partial charge in [-0.25, -0.2) is 13.8 Å². The number of halogens is 4. The van der Waals surface area contributed by atoms with E-state index in [1.54, 1.807) is 0 Å². The molecule has 14 heavy (non-hydrogen) atoms. The summed E-state index contributed by atoms with van der Waals surface area (Å²) in [6.45, 7) is 0. The maximum atomic E-state index is 12.4. The number of hydrogen-bond acceptors (Lipinski definition) is 3. The molecule has 3 nitrogen and oxygen atoms in total. The Kier molecular flexibility index (Phi) is 3.23. The third-order valence-corrected chi connectivity index (χ3v) is 1.92. The van der Waals surface area contributed by atoms with Gasteiger partial charge in [0.25, 0.3) is 11.7 Å². The summed E-state index contributed by atoms with van der Waals surface area (Å²) in [4.78, 5) is 14.1. The van der Waals surface area contributed by atoms with Crippen LogP contribution in [0.1, 0.15) is 22.5 Å². The summed E-state index contributed by atoms with van der Waals surface area (Å²) >= 11 is 10.5. The van der Waals surface area contributed by atoms with Crippen LogP contribution >= 0.6 is 23.2 Å². The van der Waals surface area contributed by atoms with E-state index in [1.165, 1.54) is 0 Å². The van der Waals surface area contributed by atoms with E-state index in [4.69, 9.17) is 28.9 Å². The van der Waals surface area contributed by atoms with Gasteiger partial charge in [0.15, 0.2) is 0 Å². The van der Waals surface area contributed by atoms with E-state index in [0.29, 0.717) is 0 Å². The molecule has 2 N–H and O–H groups in total. The average Bonchev–Trinajstić information content (AvgIpc) is 2.01. The predicted octanol–water partition coefficient (Wildman–Crippen LogP) is 2.63. The average molecular weight is 241 g/mol. The van der Waals surface area contributed by atoms with Gasteiger partial charge in [0.05, 0.1) is 10.6 Å². The number of aromatic nitrogens is 1. The number of nitrogens with zero attached hydrogens (tertiary/aromatic N) is 1. The Labute approximate surface area is 87.8 Å². The molecule has 0 amide bonds. The van der Waals surface area contributed by atoms with Crippen molar-refractivity contribution < 1.29 is 13.6 Å². The minimum atomic E-state index is -2.92. The molecule has 1 heterocycles. The Bertz CT molecular complexity index is 384. The second-order valence-corrected chi connectivity index (χ2v) is 3.12. The first kappa shape index (κ1) is 11.1. The van der Waals surface area contributed by atoms with E-state index >= 15 is 0 Å². The molecule has 0 saturated carbocycles. The largest absolute Gasteiger partial charge is 0.384 e. The standard InChI is InChI=1S/C7H4Cl2F2N2O/c8-2-1-3(12)13-5(6(9)14)4(2)7(10)11/h1,7H,(H2,12,13). The molecular weight excluding hydrogens is 237 g/mol. The lowest BCUT2D eigenvalue weighted by molar-refractivity contribution is 0.106. The van der Waals surface area contributed by atoms with Crippen LogP contribution in [0, 0.1) is 0 Å². The topological polar surface area (TPSA) is 56.0 Å². The van der Waals surface area contributed by atoms with Crippen LogP contribution in [0.15, 0.2) is 6.07 Å². The fourth-order valence-electron chi connectivity index (χ4n) is 0.900. The van der Waals surface area contributed by atoms with Crippen molar-refractivity contribution in [3.63, 3.8) is 0 Å². The molecular formula is C7H4Cl2F2N2O. The lowest BCUT2D eigenvalue weighted by atomic mass is 10.2. The minimum absolute atomic E-state index is 0.136. The summed E-state index contributed by atoms with van der Waals surface area (Å²) in [7, 11) is 0. The summed E-state index contributed by atoms with van der Waals surface area (Å²) < 4.78 is 24.8. The van der Waals surface area contributed by atoms with Gasteiger partial charge in [-0.1, -0.05) is 11.6 Å². The monoisotopic (exact) mass is 240 g/mol. The number of hydrogen-bond donors (Lipinski definition) is 1. The van der Waals surface area contributed by atoms with Crippen LogP contribution in [0.2, 0.25) is 5.02 Å². The van der Waals surface area contributed by atoms with E-state index in [9.17, 15) is 13.6 Å². The summed E-state index contributed by atoms with van der Waals surface area (Å²) in [5.74, 6) is -0.136. The number of rotatable bonds is 2. The van der Waals surface area contributed by atoms with Gasteiger partial charge in [0.1, 0.15) is 11.5 Å². The van der Waals surface area contributed by atoms with Gasteiger partial charge >= 0.3 is 0 Å². The first-order valence-electron chi connectivity index (χ1n) is 3.37. The minimum Gasteiger partial charge on any atom is -0.384 e. The van der Waals surface area contributed by atoms with Crippen LogP contribution in [-0.4, -0.2) is 10.2 Å². The smallest absolute Gasteiger partial charge is 0.271 e. The van der Waals surface area contributed by atoms with Crippen LogP contribution in [0.4, 0.5) is 14.6 Å². The van der Waals surface area contributed by atoms with Gasteiger partial charge in [0.2, 0.25) is 0 Å². The van der Waals surface area contributed by atoms with E-state index in [1.807, 2.05) is 0 Å². The molecule has 0 atom stereocenters. The zero-order valence-corrected chi connectivity index (χ0v) is 8.11. The van der Waals surface area contributed by atoms with Crippen molar-refractivity contribution in [3.05, 3.63) is 22.3 Å². The molecule has 7 heteroatoms. The fourth-order valence-corrected chi connectivity index (χ4v) is 1.33. The summed E-state index contributed by atoms with van der Waals surface area (Å²) in [6.07, 6.45) is -2.92. The number of nitrogens with two attached hydrogens (primary N) is 1. The molecule has 0 aliphatic heterocycles. The molecule has 0 saturated heterocycles. The number of carbonyl (C=O) groups is 1. The number of anilines is 1. The molecule has 0 unspecified atom stereocenters. The van der Waals surface area contributed by atoms with Crippen molar-refractivity contribution in [2.24, 2.45) is 0 Å². The second kappa shape index (κ2) is 4.06. The normalized spacial score (nSPS) is 10.6. The SMILES string of the molecule is Nc1cc(Cl)c(C(F)F)c(C(=O)Cl)n1. The Morgan fingerprint density at radius 1 is 1.57 bits per heavy atom. The predicted molar refractivity (Wildman–Crippen MR) is 48.8 cm³/mol. The molecule has 76 valence electrons. The quantitative estimate of drug-likeness (QED) is 0.809. The molecule has 0 radical (unpaired) electrons. The van der Waals surface area contributed by atoms with Crippen LogP contribution in [0.25, 0.3) is 0 Å². The van der Waals surface area contributed by atoms with Crippen molar-refractivity contribution in [1.29, 1.82) is 0 Å². The van der Waals surface area contributed by atoms with Crippen molar-refractivity contribution in [2.75, 3.05) is 5.73 Å². The molecule has 1 aromatic heterocycles. The summed E-state index contributed by atoms with van der Waals surface area (Å²) in [6, 6.07) is 1.03. The summed E-state index contributed by atoms with van der Waals surface area (Å²) in [5, 5.41) is -1.44. The highest BCUT2D eigenvalue weighted by molar-refractivity contribution is 6.67.